The minimum Gasteiger partial charge on any atom is -0.301 e. The standard InChI is InChI=1S/C14H14N2O2S/c1-2-5-11-8-13(18)16-14(15-11)19-12-7-4-3-6-10(12)9-17/h3-4,6-9H,2,5H2,1H3,(H,15,16,18). The van der Waals surface area contributed by atoms with Gasteiger partial charge < -0.3 is 4.98 Å². The highest BCUT2D eigenvalue weighted by Gasteiger charge is 2.06. The largest absolute Gasteiger partial charge is 0.301 e. The van der Waals surface area contributed by atoms with Crippen LogP contribution in [0.3, 0.4) is 0 Å². The summed E-state index contributed by atoms with van der Waals surface area (Å²) in [5, 5.41) is 0.519. The summed E-state index contributed by atoms with van der Waals surface area (Å²) in [4.78, 5) is 30.4. The van der Waals surface area contributed by atoms with Gasteiger partial charge in [-0.1, -0.05) is 43.3 Å². The molecule has 2 aromatic rings. The predicted octanol–water partition coefficient (Wildman–Crippen LogP) is 2.69. The topological polar surface area (TPSA) is 62.8 Å². The molecular formula is C14H14N2O2S. The molecule has 0 atom stereocenters. The third-order valence-corrected chi connectivity index (χ3v) is 3.51. The van der Waals surface area contributed by atoms with Crippen LogP contribution < -0.4 is 5.56 Å². The van der Waals surface area contributed by atoms with Gasteiger partial charge in [0, 0.05) is 22.2 Å². The number of rotatable bonds is 5. The Hall–Kier alpha value is -1.88. The number of aldehydes is 1. The van der Waals surface area contributed by atoms with E-state index in [0.717, 1.165) is 29.7 Å². The summed E-state index contributed by atoms with van der Waals surface area (Å²) in [6.07, 6.45) is 2.51. The Morgan fingerprint density at radius 1 is 1.37 bits per heavy atom. The second-order valence-electron chi connectivity index (χ2n) is 4.05. The van der Waals surface area contributed by atoms with E-state index in [1.807, 2.05) is 19.1 Å². The van der Waals surface area contributed by atoms with Crippen molar-refractivity contribution in [2.24, 2.45) is 0 Å². The summed E-state index contributed by atoms with van der Waals surface area (Å²) < 4.78 is 0. The lowest BCUT2D eigenvalue weighted by molar-refractivity contribution is 0.112. The summed E-state index contributed by atoms with van der Waals surface area (Å²) in [6, 6.07) is 8.74. The van der Waals surface area contributed by atoms with Crippen LogP contribution in [0.5, 0.6) is 0 Å². The maximum Gasteiger partial charge on any atom is 0.251 e. The Kier molecular flexibility index (Phi) is 4.52. The van der Waals surface area contributed by atoms with Crippen molar-refractivity contribution in [3.05, 3.63) is 51.9 Å². The first kappa shape index (κ1) is 13.5. The molecule has 1 aromatic carbocycles. The zero-order valence-electron chi connectivity index (χ0n) is 10.6. The van der Waals surface area contributed by atoms with Gasteiger partial charge in [-0.3, -0.25) is 9.59 Å². The number of aromatic amines is 1. The highest BCUT2D eigenvalue weighted by Crippen LogP contribution is 2.26. The summed E-state index contributed by atoms with van der Waals surface area (Å²) in [7, 11) is 0. The molecule has 0 aliphatic rings. The van der Waals surface area contributed by atoms with Gasteiger partial charge in [0.15, 0.2) is 11.4 Å². The van der Waals surface area contributed by atoms with Crippen LogP contribution in [-0.4, -0.2) is 16.3 Å². The summed E-state index contributed by atoms with van der Waals surface area (Å²) in [6.45, 7) is 2.04. The molecule has 5 heteroatoms. The number of aromatic nitrogens is 2. The van der Waals surface area contributed by atoms with E-state index in [1.165, 1.54) is 17.8 Å². The predicted molar refractivity (Wildman–Crippen MR) is 74.8 cm³/mol. The first-order valence-corrected chi connectivity index (χ1v) is 6.87. The molecule has 2 rings (SSSR count). The fraction of sp³-hybridized carbons (Fsp3) is 0.214. The van der Waals surface area contributed by atoms with Crippen molar-refractivity contribution < 1.29 is 4.79 Å². The highest BCUT2D eigenvalue weighted by atomic mass is 32.2. The van der Waals surface area contributed by atoms with Crippen molar-refractivity contribution in [2.75, 3.05) is 0 Å². The van der Waals surface area contributed by atoms with Crippen LogP contribution in [0.25, 0.3) is 0 Å². The molecule has 0 spiro atoms. The van der Waals surface area contributed by atoms with Crippen LogP contribution >= 0.6 is 11.8 Å². The third kappa shape index (κ3) is 3.54. The lowest BCUT2D eigenvalue weighted by atomic mass is 10.2. The third-order valence-electron chi connectivity index (χ3n) is 2.53. The Bertz CT molecular complexity index is 637. The molecular weight excluding hydrogens is 260 g/mol. The molecule has 0 unspecified atom stereocenters. The maximum atomic E-state index is 11.6. The van der Waals surface area contributed by atoms with Crippen LogP contribution in [0.1, 0.15) is 29.4 Å². The van der Waals surface area contributed by atoms with Crippen LogP contribution in [0.2, 0.25) is 0 Å². The van der Waals surface area contributed by atoms with Crippen molar-refractivity contribution in [3.63, 3.8) is 0 Å². The summed E-state index contributed by atoms with van der Waals surface area (Å²) >= 11 is 1.30. The van der Waals surface area contributed by atoms with Crippen LogP contribution in [-0.2, 0) is 6.42 Å². The van der Waals surface area contributed by atoms with Gasteiger partial charge in [0.1, 0.15) is 0 Å². The van der Waals surface area contributed by atoms with E-state index in [-0.39, 0.29) is 5.56 Å². The molecule has 1 aromatic heterocycles. The lowest BCUT2D eigenvalue weighted by Gasteiger charge is -2.05. The number of nitrogens with one attached hydrogen (secondary N) is 1. The lowest BCUT2D eigenvalue weighted by Crippen LogP contribution is -2.09. The van der Waals surface area contributed by atoms with Gasteiger partial charge in [-0.25, -0.2) is 4.98 Å². The van der Waals surface area contributed by atoms with Gasteiger partial charge in [0.25, 0.3) is 5.56 Å². The Morgan fingerprint density at radius 3 is 2.89 bits per heavy atom. The molecule has 0 amide bonds. The van der Waals surface area contributed by atoms with Crippen LogP contribution in [0, 0.1) is 0 Å². The molecule has 0 saturated heterocycles. The van der Waals surface area contributed by atoms with Gasteiger partial charge in [0.05, 0.1) is 0 Å². The van der Waals surface area contributed by atoms with Crippen molar-refractivity contribution in [1.82, 2.24) is 9.97 Å². The van der Waals surface area contributed by atoms with E-state index in [4.69, 9.17) is 0 Å². The Labute approximate surface area is 115 Å². The number of H-pyrrole nitrogens is 1. The molecule has 0 fully saturated rings. The minimum absolute atomic E-state index is 0.162. The molecule has 0 saturated carbocycles. The molecule has 19 heavy (non-hydrogen) atoms. The van der Waals surface area contributed by atoms with E-state index >= 15 is 0 Å². The highest BCUT2D eigenvalue weighted by molar-refractivity contribution is 7.99. The molecule has 1 heterocycles. The first-order chi connectivity index (χ1) is 9.22. The number of hydrogen-bond donors (Lipinski definition) is 1. The maximum absolute atomic E-state index is 11.6. The van der Waals surface area contributed by atoms with Crippen molar-refractivity contribution in [1.29, 1.82) is 0 Å². The number of aryl methyl sites for hydroxylation is 1. The molecule has 4 nitrogen and oxygen atoms in total. The van der Waals surface area contributed by atoms with Crippen LogP contribution in [0.15, 0.2) is 45.2 Å². The van der Waals surface area contributed by atoms with E-state index in [1.54, 1.807) is 12.1 Å². The number of carbonyl (C=O) groups is 1. The molecule has 98 valence electrons. The fourth-order valence-electron chi connectivity index (χ4n) is 1.69. The monoisotopic (exact) mass is 274 g/mol. The van der Waals surface area contributed by atoms with E-state index in [9.17, 15) is 9.59 Å². The van der Waals surface area contributed by atoms with Gasteiger partial charge in [-0.2, -0.15) is 0 Å². The van der Waals surface area contributed by atoms with Crippen molar-refractivity contribution in [3.8, 4) is 0 Å². The fourth-order valence-corrected chi connectivity index (χ4v) is 2.59. The van der Waals surface area contributed by atoms with E-state index in [2.05, 4.69) is 9.97 Å². The van der Waals surface area contributed by atoms with E-state index < -0.39 is 0 Å². The number of hydrogen-bond acceptors (Lipinski definition) is 4. The average molecular weight is 274 g/mol. The summed E-state index contributed by atoms with van der Waals surface area (Å²) in [5.74, 6) is 0. The zero-order valence-corrected chi connectivity index (χ0v) is 11.4. The Morgan fingerprint density at radius 2 is 2.16 bits per heavy atom. The SMILES string of the molecule is CCCc1cc(=O)[nH]c(Sc2ccccc2C=O)n1. The normalized spacial score (nSPS) is 10.4. The molecule has 1 N–H and O–H groups in total. The van der Waals surface area contributed by atoms with Gasteiger partial charge in [-0.15, -0.1) is 0 Å². The van der Waals surface area contributed by atoms with Crippen molar-refractivity contribution in [2.45, 2.75) is 29.8 Å². The molecule has 0 bridgehead atoms. The quantitative estimate of drug-likeness (QED) is 0.672. The van der Waals surface area contributed by atoms with E-state index in [0.29, 0.717) is 10.7 Å². The zero-order chi connectivity index (χ0) is 13.7. The van der Waals surface area contributed by atoms with Crippen molar-refractivity contribution >= 4 is 18.0 Å². The second-order valence-corrected chi connectivity index (χ2v) is 5.08. The van der Waals surface area contributed by atoms with Gasteiger partial charge in [-0.05, 0) is 12.5 Å². The first-order valence-electron chi connectivity index (χ1n) is 6.05. The molecule has 0 aliphatic heterocycles. The Balaban J connectivity index is 2.32. The van der Waals surface area contributed by atoms with Gasteiger partial charge in [0.2, 0.25) is 0 Å². The number of carbonyl (C=O) groups excluding carboxylic acids is 1. The smallest absolute Gasteiger partial charge is 0.251 e. The minimum atomic E-state index is -0.162. The summed E-state index contributed by atoms with van der Waals surface area (Å²) in [5.41, 5.74) is 1.21. The molecule has 0 radical (unpaired) electrons. The van der Waals surface area contributed by atoms with Crippen LogP contribution in [0.4, 0.5) is 0 Å². The van der Waals surface area contributed by atoms with Gasteiger partial charge >= 0.3 is 0 Å². The molecule has 0 aliphatic carbocycles. The number of nitrogens with zero attached hydrogens (tertiary/aromatic N) is 1. The second kappa shape index (κ2) is 6.33. The average Bonchev–Trinajstić information content (AvgIpc) is 2.39. The number of benzene rings is 1.